The average molecular weight is 245 g/mol. The third-order valence-electron chi connectivity index (χ3n) is 4.27. The third-order valence-corrected chi connectivity index (χ3v) is 4.27. The summed E-state index contributed by atoms with van der Waals surface area (Å²) in [5.41, 5.74) is 2.03. The molecule has 1 heterocycles. The van der Waals surface area contributed by atoms with Crippen LogP contribution < -0.4 is 10.8 Å². The predicted molar refractivity (Wildman–Crippen MR) is 75.3 cm³/mol. The first kappa shape index (κ1) is 13.2. The summed E-state index contributed by atoms with van der Waals surface area (Å²) in [6.07, 6.45) is 1.70. The molecule has 1 aliphatic rings. The Morgan fingerprint density at radius 1 is 1.22 bits per heavy atom. The molecule has 0 radical (unpaired) electrons. The van der Waals surface area contributed by atoms with Crippen molar-refractivity contribution in [1.29, 1.82) is 0 Å². The van der Waals surface area contributed by atoms with Crippen molar-refractivity contribution in [1.82, 2.24) is 0 Å². The van der Waals surface area contributed by atoms with Gasteiger partial charge in [0, 0.05) is 5.69 Å². The van der Waals surface area contributed by atoms with Gasteiger partial charge < -0.3 is 9.97 Å². The number of anilines is 1. The van der Waals surface area contributed by atoms with Crippen LogP contribution in [0.25, 0.3) is 0 Å². The van der Waals surface area contributed by atoms with E-state index in [-0.39, 0.29) is 17.9 Å². The highest BCUT2D eigenvalue weighted by Gasteiger charge is 2.49. The first-order valence-electron chi connectivity index (χ1n) is 6.34. The smallest absolute Gasteiger partial charge is 0.327 e. The van der Waals surface area contributed by atoms with Gasteiger partial charge in [0.05, 0.1) is 5.60 Å². The first-order valence-corrected chi connectivity index (χ1v) is 6.34. The van der Waals surface area contributed by atoms with Gasteiger partial charge in [-0.3, -0.25) is 4.79 Å². The van der Waals surface area contributed by atoms with E-state index >= 15 is 0 Å². The summed E-state index contributed by atoms with van der Waals surface area (Å²) < 4.78 is 6.16. The van der Waals surface area contributed by atoms with E-state index in [2.05, 4.69) is 33.0 Å². The summed E-state index contributed by atoms with van der Waals surface area (Å²) in [6, 6.07) is 7.86. The number of rotatable bonds is 3. The molecule has 0 saturated carbocycles. The van der Waals surface area contributed by atoms with Crippen molar-refractivity contribution in [3.05, 3.63) is 24.3 Å². The van der Waals surface area contributed by atoms with Crippen molar-refractivity contribution in [3.63, 3.8) is 0 Å². The second-order valence-electron chi connectivity index (χ2n) is 6.09. The van der Waals surface area contributed by atoms with Crippen LogP contribution in [-0.4, -0.2) is 18.9 Å². The zero-order valence-electron chi connectivity index (χ0n) is 11.5. The summed E-state index contributed by atoms with van der Waals surface area (Å²) in [4.78, 5) is 10.3. The van der Waals surface area contributed by atoms with Gasteiger partial charge in [-0.2, -0.15) is 0 Å². The lowest BCUT2D eigenvalue weighted by Gasteiger charge is -2.34. The van der Waals surface area contributed by atoms with Gasteiger partial charge in [0.15, 0.2) is 0 Å². The quantitative estimate of drug-likeness (QED) is 0.655. The molecule has 4 heteroatoms. The zero-order valence-corrected chi connectivity index (χ0v) is 11.5. The maximum absolute atomic E-state index is 10.3. The van der Waals surface area contributed by atoms with Gasteiger partial charge >= 0.3 is 6.92 Å². The average Bonchev–Trinajstić information content (AvgIpc) is 2.50. The molecule has 0 spiro atoms. The van der Waals surface area contributed by atoms with Crippen LogP contribution in [0.1, 0.15) is 27.7 Å². The largest absolute Gasteiger partial charge is 0.426 e. The van der Waals surface area contributed by atoms with E-state index in [1.165, 1.54) is 5.46 Å². The Hall–Kier alpha value is -1.29. The van der Waals surface area contributed by atoms with Crippen LogP contribution in [-0.2, 0) is 9.45 Å². The Bertz CT molecular complexity index is 424. The molecule has 3 nitrogen and oxygen atoms in total. The molecule has 1 aromatic rings. The number of carbonyl (C=O) groups excluding carboxylic acids is 1. The number of amides is 1. The van der Waals surface area contributed by atoms with Crippen LogP contribution >= 0.6 is 0 Å². The van der Waals surface area contributed by atoms with E-state index in [9.17, 15) is 4.79 Å². The van der Waals surface area contributed by atoms with Crippen LogP contribution in [0.5, 0.6) is 0 Å². The second-order valence-corrected chi connectivity index (χ2v) is 6.09. The second kappa shape index (κ2) is 4.43. The van der Waals surface area contributed by atoms with E-state index in [1.807, 2.05) is 24.3 Å². The van der Waals surface area contributed by atoms with E-state index in [0.29, 0.717) is 6.41 Å². The lowest BCUT2D eigenvalue weighted by atomic mass is 9.54. The number of hydrogen-bond donors (Lipinski definition) is 1. The number of nitrogens with one attached hydrogen (secondary N) is 1. The molecule has 18 heavy (non-hydrogen) atoms. The Morgan fingerprint density at radius 2 is 1.83 bits per heavy atom. The van der Waals surface area contributed by atoms with Gasteiger partial charge in [0.2, 0.25) is 6.41 Å². The summed E-state index contributed by atoms with van der Waals surface area (Å²) in [7, 11) is 0. The van der Waals surface area contributed by atoms with Crippen LogP contribution in [0.2, 0.25) is 6.32 Å². The fourth-order valence-electron chi connectivity index (χ4n) is 2.31. The molecule has 1 saturated heterocycles. The molecular weight excluding hydrogens is 225 g/mol. The molecule has 0 unspecified atom stereocenters. The summed E-state index contributed by atoms with van der Waals surface area (Å²) in [6.45, 7) is 8.93. The highest BCUT2D eigenvalue weighted by molar-refractivity contribution is 6.68. The van der Waals surface area contributed by atoms with Crippen molar-refractivity contribution < 1.29 is 9.45 Å². The molecule has 0 aromatic heterocycles. The molecule has 96 valence electrons. The third kappa shape index (κ3) is 2.30. The molecule has 1 amide bonds. The maximum atomic E-state index is 10.3. The van der Waals surface area contributed by atoms with Crippen molar-refractivity contribution in [3.8, 4) is 0 Å². The van der Waals surface area contributed by atoms with Crippen LogP contribution in [0.4, 0.5) is 5.69 Å². The van der Waals surface area contributed by atoms with E-state index in [1.54, 1.807) is 0 Å². The lowest BCUT2D eigenvalue weighted by Crippen LogP contribution is -2.36. The van der Waals surface area contributed by atoms with Crippen LogP contribution in [0.15, 0.2) is 24.3 Å². The molecule has 1 aliphatic heterocycles. The predicted octanol–water partition coefficient (Wildman–Crippen LogP) is 2.29. The Kier molecular flexibility index (Phi) is 3.24. The number of carbonyl (C=O) groups is 1. The maximum Gasteiger partial charge on any atom is 0.327 e. The minimum Gasteiger partial charge on any atom is -0.426 e. The molecule has 1 fully saturated rings. The summed E-state index contributed by atoms with van der Waals surface area (Å²) in [5.74, 6) is 0. The molecule has 0 bridgehead atoms. The van der Waals surface area contributed by atoms with Crippen LogP contribution in [0.3, 0.4) is 0 Å². The van der Waals surface area contributed by atoms with Gasteiger partial charge in [-0.25, -0.2) is 0 Å². The Morgan fingerprint density at radius 3 is 2.28 bits per heavy atom. The SMILES string of the molecule is CC1(C)CB(c2ccc(NC=O)cc2)OC1(C)C. The van der Waals surface area contributed by atoms with Gasteiger partial charge in [-0.15, -0.1) is 0 Å². The zero-order chi connectivity index (χ0) is 13.4. The standard InChI is InChI=1S/C14H20BNO2/c1-13(2)9-15(18-14(13,3)4)11-5-7-12(8-6-11)16-10-17/h5-8,10H,9H2,1-4H3,(H,16,17). The Labute approximate surface area is 109 Å². The van der Waals surface area contributed by atoms with Gasteiger partial charge in [-0.1, -0.05) is 26.0 Å². The molecule has 0 atom stereocenters. The fraction of sp³-hybridized carbons (Fsp3) is 0.500. The van der Waals surface area contributed by atoms with Crippen molar-refractivity contribution >= 4 is 24.5 Å². The molecule has 0 aliphatic carbocycles. The molecule has 2 rings (SSSR count). The number of benzene rings is 1. The number of hydrogen-bond acceptors (Lipinski definition) is 2. The molecule has 1 N–H and O–H groups in total. The molecule has 1 aromatic carbocycles. The van der Waals surface area contributed by atoms with Gasteiger partial charge in [0.25, 0.3) is 0 Å². The van der Waals surface area contributed by atoms with Crippen molar-refractivity contribution in [2.75, 3.05) is 5.32 Å². The first-order chi connectivity index (χ1) is 8.36. The van der Waals surface area contributed by atoms with Gasteiger partial charge in [0.1, 0.15) is 0 Å². The van der Waals surface area contributed by atoms with Crippen molar-refractivity contribution in [2.45, 2.75) is 39.6 Å². The highest BCUT2D eigenvalue weighted by atomic mass is 16.5. The lowest BCUT2D eigenvalue weighted by molar-refractivity contribution is -0.105. The van der Waals surface area contributed by atoms with E-state index in [4.69, 9.17) is 4.65 Å². The van der Waals surface area contributed by atoms with Crippen molar-refractivity contribution in [2.24, 2.45) is 5.41 Å². The van der Waals surface area contributed by atoms with Crippen LogP contribution in [0, 0.1) is 5.41 Å². The molecular formula is C14H20BNO2. The van der Waals surface area contributed by atoms with E-state index < -0.39 is 0 Å². The summed E-state index contributed by atoms with van der Waals surface area (Å²) in [5, 5.41) is 2.64. The topological polar surface area (TPSA) is 38.3 Å². The monoisotopic (exact) mass is 245 g/mol. The summed E-state index contributed by atoms with van der Waals surface area (Å²) >= 11 is 0. The van der Waals surface area contributed by atoms with Gasteiger partial charge in [-0.05, 0) is 43.2 Å². The van der Waals surface area contributed by atoms with E-state index in [0.717, 1.165) is 12.0 Å². The minimum absolute atomic E-state index is 0.114. The highest BCUT2D eigenvalue weighted by Crippen LogP contribution is 2.44. The fourth-order valence-corrected chi connectivity index (χ4v) is 2.31. The Balaban J connectivity index is 2.17. The minimum atomic E-state index is -0.114. The normalized spacial score (nSPS) is 20.8.